The van der Waals surface area contributed by atoms with Gasteiger partial charge in [0.1, 0.15) is 16.5 Å². The lowest BCUT2D eigenvalue weighted by atomic mass is 10.3. The second kappa shape index (κ2) is 8.13. The third-order valence-corrected chi connectivity index (χ3v) is 4.86. The first-order valence-electron chi connectivity index (χ1n) is 7.73. The lowest BCUT2D eigenvalue weighted by Gasteiger charge is -2.14. The number of hydrogen-bond acceptors (Lipinski definition) is 7. The maximum Gasteiger partial charge on any atom is 0.244 e. The van der Waals surface area contributed by atoms with Gasteiger partial charge in [-0.2, -0.15) is 4.98 Å². The Morgan fingerprint density at radius 2 is 1.88 bits per heavy atom. The Morgan fingerprint density at radius 3 is 2.56 bits per heavy atom. The van der Waals surface area contributed by atoms with Crippen molar-refractivity contribution in [2.24, 2.45) is 0 Å². The Kier molecular flexibility index (Phi) is 6.16. The second-order valence-electron chi connectivity index (χ2n) is 5.56. The molecule has 0 radical (unpaired) electrons. The SMILES string of the molecule is COc1ccccc1S(=O)(=O)NCCNc1nc(C)cc(N(C)C)n1. The topological polar surface area (TPSA) is 96.5 Å². The highest BCUT2D eigenvalue weighted by atomic mass is 32.2. The van der Waals surface area contributed by atoms with Crippen LogP contribution in [0.1, 0.15) is 5.69 Å². The number of nitrogens with one attached hydrogen (secondary N) is 2. The van der Waals surface area contributed by atoms with Gasteiger partial charge in [0.25, 0.3) is 0 Å². The molecular weight excluding hydrogens is 342 g/mol. The standard InChI is InChI=1S/C16H23N5O3S/c1-12-11-15(21(2)3)20-16(19-12)17-9-10-18-25(22,23)14-8-6-5-7-13(14)24-4/h5-8,11,18H,9-10H2,1-4H3,(H,17,19,20). The van der Waals surface area contributed by atoms with Gasteiger partial charge in [0.05, 0.1) is 7.11 Å². The van der Waals surface area contributed by atoms with Crippen LogP contribution in [0.15, 0.2) is 35.2 Å². The Balaban J connectivity index is 1.97. The third kappa shape index (κ3) is 5.04. The highest BCUT2D eigenvalue weighted by molar-refractivity contribution is 7.89. The summed E-state index contributed by atoms with van der Waals surface area (Å²) in [5.74, 6) is 1.55. The fourth-order valence-corrected chi connectivity index (χ4v) is 3.34. The van der Waals surface area contributed by atoms with Crippen molar-refractivity contribution in [3.05, 3.63) is 36.0 Å². The van der Waals surface area contributed by atoms with Gasteiger partial charge in [-0.15, -0.1) is 0 Å². The second-order valence-corrected chi connectivity index (χ2v) is 7.30. The van der Waals surface area contributed by atoms with E-state index >= 15 is 0 Å². The molecule has 0 aliphatic heterocycles. The molecule has 9 heteroatoms. The number of rotatable bonds is 8. The van der Waals surface area contributed by atoms with Crippen molar-refractivity contribution in [3.8, 4) is 5.75 Å². The molecule has 8 nitrogen and oxygen atoms in total. The van der Waals surface area contributed by atoms with Gasteiger partial charge in [-0.05, 0) is 19.1 Å². The molecule has 0 atom stereocenters. The zero-order valence-corrected chi connectivity index (χ0v) is 15.6. The van der Waals surface area contributed by atoms with Gasteiger partial charge in [-0.25, -0.2) is 18.1 Å². The molecule has 2 rings (SSSR count). The zero-order chi connectivity index (χ0) is 18.4. The number of anilines is 2. The molecule has 0 saturated heterocycles. The maximum absolute atomic E-state index is 12.4. The van der Waals surface area contributed by atoms with E-state index in [4.69, 9.17) is 4.74 Å². The molecule has 1 aromatic carbocycles. The number of hydrogen-bond donors (Lipinski definition) is 2. The van der Waals surface area contributed by atoms with Crippen LogP contribution in [0.5, 0.6) is 5.75 Å². The average Bonchev–Trinajstić information content (AvgIpc) is 2.58. The van der Waals surface area contributed by atoms with Gasteiger partial charge in [0.2, 0.25) is 16.0 Å². The average molecular weight is 365 g/mol. The molecule has 0 spiro atoms. The summed E-state index contributed by atoms with van der Waals surface area (Å²) in [6, 6.07) is 8.35. The van der Waals surface area contributed by atoms with E-state index in [9.17, 15) is 8.42 Å². The van der Waals surface area contributed by atoms with Crippen LogP contribution in [0.2, 0.25) is 0 Å². The monoisotopic (exact) mass is 365 g/mol. The van der Waals surface area contributed by atoms with Crippen LogP contribution in [0.3, 0.4) is 0 Å². The minimum absolute atomic E-state index is 0.110. The Morgan fingerprint density at radius 1 is 1.16 bits per heavy atom. The Hall–Kier alpha value is -2.39. The summed E-state index contributed by atoms with van der Waals surface area (Å²) in [7, 11) is 1.58. The largest absolute Gasteiger partial charge is 0.495 e. The van der Waals surface area contributed by atoms with Gasteiger partial charge >= 0.3 is 0 Å². The van der Waals surface area contributed by atoms with Gasteiger partial charge in [0, 0.05) is 38.9 Å². The van der Waals surface area contributed by atoms with Crippen LogP contribution in [0.4, 0.5) is 11.8 Å². The summed E-state index contributed by atoms with van der Waals surface area (Å²) < 4.78 is 32.4. The molecule has 0 bridgehead atoms. The van der Waals surface area contributed by atoms with E-state index < -0.39 is 10.0 Å². The molecule has 0 unspecified atom stereocenters. The molecule has 2 N–H and O–H groups in total. The van der Waals surface area contributed by atoms with E-state index in [2.05, 4.69) is 20.0 Å². The van der Waals surface area contributed by atoms with Crippen LogP contribution in [-0.4, -0.2) is 52.7 Å². The molecular formula is C16H23N5O3S. The summed E-state index contributed by atoms with van der Waals surface area (Å²) in [5, 5.41) is 3.03. The van der Waals surface area contributed by atoms with E-state index in [1.54, 1.807) is 18.2 Å². The highest BCUT2D eigenvalue weighted by Gasteiger charge is 2.18. The summed E-state index contributed by atoms with van der Waals surface area (Å²) in [6.07, 6.45) is 0. The number of methoxy groups -OCH3 is 1. The molecule has 0 fully saturated rings. The lowest BCUT2D eigenvalue weighted by molar-refractivity contribution is 0.402. The molecule has 0 aliphatic carbocycles. The first kappa shape index (κ1) is 18.9. The molecule has 1 aromatic heterocycles. The fourth-order valence-electron chi connectivity index (χ4n) is 2.14. The normalized spacial score (nSPS) is 11.2. The Bertz CT molecular complexity index is 824. The highest BCUT2D eigenvalue weighted by Crippen LogP contribution is 2.22. The zero-order valence-electron chi connectivity index (χ0n) is 14.8. The molecule has 25 heavy (non-hydrogen) atoms. The predicted octanol–water partition coefficient (Wildman–Crippen LogP) is 1.25. The van der Waals surface area contributed by atoms with Crippen molar-refractivity contribution in [1.29, 1.82) is 0 Å². The predicted molar refractivity (Wildman–Crippen MR) is 97.8 cm³/mol. The van der Waals surface area contributed by atoms with Gasteiger partial charge in [0.15, 0.2) is 0 Å². The Labute approximate surface area is 148 Å². The van der Waals surface area contributed by atoms with Crippen LogP contribution in [0, 0.1) is 6.92 Å². The number of sulfonamides is 1. The van der Waals surface area contributed by atoms with Gasteiger partial charge in [-0.3, -0.25) is 0 Å². The van der Waals surface area contributed by atoms with E-state index in [0.29, 0.717) is 18.2 Å². The maximum atomic E-state index is 12.4. The van der Waals surface area contributed by atoms with Crippen molar-refractivity contribution in [1.82, 2.24) is 14.7 Å². The van der Waals surface area contributed by atoms with E-state index in [1.807, 2.05) is 32.0 Å². The molecule has 0 amide bonds. The summed E-state index contributed by atoms with van der Waals surface area (Å²) in [5.41, 5.74) is 0.829. The van der Waals surface area contributed by atoms with Crippen molar-refractivity contribution >= 4 is 21.8 Å². The summed E-state index contributed by atoms with van der Waals surface area (Å²) in [6.45, 7) is 2.42. The summed E-state index contributed by atoms with van der Waals surface area (Å²) >= 11 is 0. The molecule has 0 aliphatic rings. The first-order chi connectivity index (χ1) is 11.8. The lowest BCUT2D eigenvalue weighted by Crippen LogP contribution is -2.29. The minimum atomic E-state index is -3.65. The molecule has 1 heterocycles. The minimum Gasteiger partial charge on any atom is -0.495 e. The molecule has 136 valence electrons. The van der Waals surface area contributed by atoms with Crippen molar-refractivity contribution in [2.75, 3.05) is 44.5 Å². The van der Waals surface area contributed by atoms with Crippen LogP contribution in [0.25, 0.3) is 0 Å². The number of ether oxygens (including phenoxy) is 1. The third-order valence-electron chi connectivity index (χ3n) is 3.36. The number of aryl methyl sites for hydroxylation is 1. The fraction of sp³-hybridized carbons (Fsp3) is 0.375. The van der Waals surface area contributed by atoms with Crippen LogP contribution < -0.4 is 19.7 Å². The number of para-hydroxylation sites is 1. The first-order valence-corrected chi connectivity index (χ1v) is 9.21. The quantitative estimate of drug-likeness (QED) is 0.680. The number of benzene rings is 1. The van der Waals surface area contributed by atoms with Crippen molar-refractivity contribution in [3.63, 3.8) is 0 Å². The molecule has 2 aromatic rings. The van der Waals surface area contributed by atoms with Crippen LogP contribution >= 0.6 is 0 Å². The van der Waals surface area contributed by atoms with E-state index in [-0.39, 0.29) is 11.4 Å². The van der Waals surface area contributed by atoms with E-state index in [1.165, 1.54) is 13.2 Å². The van der Waals surface area contributed by atoms with Crippen molar-refractivity contribution in [2.45, 2.75) is 11.8 Å². The van der Waals surface area contributed by atoms with Crippen LogP contribution in [-0.2, 0) is 10.0 Å². The van der Waals surface area contributed by atoms with Crippen molar-refractivity contribution < 1.29 is 13.2 Å². The smallest absolute Gasteiger partial charge is 0.244 e. The number of nitrogens with zero attached hydrogens (tertiary/aromatic N) is 3. The van der Waals surface area contributed by atoms with Gasteiger partial charge in [-0.1, -0.05) is 12.1 Å². The number of aromatic nitrogens is 2. The van der Waals surface area contributed by atoms with Gasteiger partial charge < -0.3 is 15.0 Å². The summed E-state index contributed by atoms with van der Waals surface area (Å²) in [4.78, 5) is 10.6. The molecule has 0 saturated carbocycles. The van der Waals surface area contributed by atoms with E-state index in [0.717, 1.165) is 11.5 Å².